The van der Waals surface area contributed by atoms with Crippen molar-refractivity contribution in [3.8, 4) is 0 Å². The van der Waals surface area contributed by atoms with Crippen molar-refractivity contribution in [1.29, 1.82) is 0 Å². The zero-order valence-electron chi connectivity index (χ0n) is 13.6. The van der Waals surface area contributed by atoms with E-state index in [0.29, 0.717) is 23.7 Å². The number of ether oxygens (including phenoxy) is 1. The SMILES string of the molecule is COC(=O)C(c1ccccc1Cl)N1CCC(SC)C(=CC(=O)O)C1. The highest BCUT2D eigenvalue weighted by Gasteiger charge is 2.35. The zero-order chi connectivity index (χ0) is 17.7. The van der Waals surface area contributed by atoms with Crippen molar-refractivity contribution in [2.75, 3.05) is 26.5 Å². The minimum Gasteiger partial charge on any atom is -0.478 e. The molecule has 0 bridgehead atoms. The fourth-order valence-corrected chi connectivity index (χ4v) is 3.98. The number of hydrogen-bond acceptors (Lipinski definition) is 5. The van der Waals surface area contributed by atoms with Crippen molar-refractivity contribution >= 4 is 35.3 Å². The molecular weight excluding hydrogens is 350 g/mol. The van der Waals surface area contributed by atoms with Gasteiger partial charge in [-0.05, 0) is 29.9 Å². The Bertz CT molecular complexity index is 649. The van der Waals surface area contributed by atoms with E-state index in [2.05, 4.69) is 0 Å². The third-order valence-electron chi connectivity index (χ3n) is 4.06. The molecule has 0 spiro atoms. The van der Waals surface area contributed by atoms with E-state index in [9.17, 15) is 9.59 Å². The molecule has 130 valence electrons. The van der Waals surface area contributed by atoms with Crippen LogP contribution >= 0.6 is 23.4 Å². The number of benzene rings is 1. The van der Waals surface area contributed by atoms with Crippen LogP contribution in [-0.2, 0) is 14.3 Å². The van der Waals surface area contributed by atoms with Gasteiger partial charge in [-0.1, -0.05) is 29.8 Å². The number of thioether (sulfide) groups is 1. The summed E-state index contributed by atoms with van der Waals surface area (Å²) in [6, 6.07) is 6.50. The number of methoxy groups -OCH3 is 1. The highest BCUT2D eigenvalue weighted by atomic mass is 35.5. The average Bonchev–Trinajstić information content (AvgIpc) is 2.56. The van der Waals surface area contributed by atoms with E-state index in [4.69, 9.17) is 21.4 Å². The highest BCUT2D eigenvalue weighted by molar-refractivity contribution is 7.99. The van der Waals surface area contributed by atoms with Crippen LogP contribution in [0.25, 0.3) is 0 Å². The number of carboxylic acids is 1. The van der Waals surface area contributed by atoms with Crippen LogP contribution in [0.3, 0.4) is 0 Å². The summed E-state index contributed by atoms with van der Waals surface area (Å²) < 4.78 is 4.96. The Morgan fingerprint density at radius 1 is 1.46 bits per heavy atom. The molecule has 1 aromatic carbocycles. The maximum absolute atomic E-state index is 12.4. The molecule has 0 aromatic heterocycles. The van der Waals surface area contributed by atoms with Crippen molar-refractivity contribution in [2.24, 2.45) is 0 Å². The first-order chi connectivity index (χ1) is 11.5. The maximum Gasteiger partial charge on any atom is 0.328 e. The number of carbonyl (C=O) groups excluding carboxylic acids is 1. The van der Waals surface area contributed by atoms with E-state index in [0.717, 1.165) is 12.0 Å². The van der Waals surface area contributed by atoms with Gasteiger partial charge >= 0.3 is 11.9 Å². The number of rotatable bonds is 5. The van der Waals surface area contributed by atoms with E-state index in [-0.39, 0.29) is 5.25 Å². The Labute approximate surface area is 150 Å². The second kappa shape index (κ2) is 8.55. The van der Waals surface area contributed by atoms with E-state index >= 15 is 0 Å². The number of nitrogens with zero attached hydrogens (tertiary/aromatic N) is 1. The monoisotopic (exact) mass is 369 g/mol. The fourth-order valence-electron chi connectivity index (χ4n) is 2.95. The zero-order valence-corrected chi connectivity index (χ0v) is 15.1. The average molecular weight is 370 g/mol. The number of aliphatic carboxylic acids is 1. The van der Waals surface area contributed by atoms with Crippen molar-refractivity contribution in [3.05, 3.63) is 46.5 Å². The summed E-state index contributed by atoms with van der Waals surface area (Å²) in [4.78, 5) is 25.4. The van der Waals surface area contributed by atoms with E-state index in [1.165, 1.54) is 13.2 Å². The van der Waals surface area contributed by atoms with Crippen molar-refractivity contribution in [1.82, 2.24) is 4.90 Å². The quantitative estimate of drug-likeness (QED) is 0.635. The van der Waals surface area contributed by atoms with Crippen LogP contribution < -0.4 is 0 Å². The summed E-state index contributed by atoms with van der Waals surface area (Å²) >= 11 is 7.89. The Morgan fingerprint density at radius 2 is 2.17 bits per heavy atom. The van der Waals surface area contributed by atoms with Crippen molar-refractivity contribution in [3.63, 3.8) is 0 Å². The smallest absolute Gasteiger partial charge is 0.328 e. The molecule has 0 amide bonds. The summed E-state index contributed by atoms with van der Waals surface area (Å²) in [5.41, 5.74) is 1.46. The number of carbonyl (C=O) groups is 2. The molecule has 1 aliphatic rings. The van der Waals surface area contributed by atoms with Crippen LogP contribution in [0.1, 0.15) is 18.0 Å². The molecule has 2 atom stereocenters. The van der Waals surface area contributed by atoms with E-state index < -0.39 is 18.0 Å². The highest BCUT2D eigenvalue weighted by Crippen LogP contribution is 2.34. The van der Waals surface area contributed by atoms with Gasteiger partial charge in [0.15, 0.2) is 0 Å². The molecule has 0 saturated carbocycles. The van der Waals surface area contributed by atoms with Crippen LogP contribution in [0.5, 0.6) is 0 Å². The molecule has 1 aliphatic heterocycles. The number of carboxylic acid groups (broad SMARTS) is 1. The largest absolute Gasteiger partial charge is 0.478 e. The van der Waals surface area contributed by atoms with Crippen LogP contribution in [0.15, 0.2) is 35.9 Å². The summed E-state index contributed by atoms with van der Waals surface area (Å²) in [5.74, 6) is -1.38. The van der Waals surface area contributed by atoms with Gasteiger partial charge in [0, 0.05) is 29.4 Å². The first-order valence-electron chi connectivity index (χ1n) is 7.50. The standard InChI is InChI=1S/C17H20ClNO4S/c1-23-17(22)16(12-5-3-4-6-13(12)18)19-8-7-14(24-2)11(10-19)9-15(20)21/h3-6,9,14,16H,7-8,10H2,1-2H3,(H,20,21). The number of halogens is 1. The topological polar surface area (TPSA) is 66.8 Å². The number of likely N-dealkylation sites (tertiary alicyclic amines) is 1. The molecule has 2 rings (SSSR count). The molecule has 5 nitrogen and oxygen atoms in total. The van der Waals surface area contributed by atoms with Gasteiger partial charge in [0.25, 0.3) is 0 Å². The van der Waals surface area contributed by atoms with Gasteiger partial charge in [-0.25, -0.2) is 9.59 Å². The van der Waals surface area contributed by atoms with Crippen molar-refractivity contribution < 1.29 is 19.4 Å². The third kappa shape index (κ3) is 4.32. The van der Waals surface area contributed by atoms with Crippen molar-refractivity contribution in [2.45, 2.75) is 17.7 Å². The predicted octanol–water partition coefficient (Wildman–Crippen LogP) is 3.00. The van der Waals surface area contributed by atoms with Crippen LogP contribution in [0.2, 0.25) is 5.02 Å². The Kier molecular flexibility index (Phi) is 6.71. The molecule has 1 saturated heterocycles. The van der Waals surface area contributed by atoms with Gasteiger partial charge in [0.2, 0.25) is 0 Å². The molecule has 1 fully saturated rings. The first kappa shape index (κ1) is 18.8. The lowest BCUT2D eigenvalue weighted by molar-refractivity contribution is -0.147. The van der Waals surface area contributed by atoms with Gasteiger partial charge in [-0.15, -0.1) is 0 Å². The Balaban J connectivity index is 2.36. The van der Waals surface area contributed by atoms with E-state index in [1.807, 2.05) is 17.2 Å². The Hall–Kier alpha value is -1.50. The second-order valence-electron chi connectivity index (χ2n) is 5.49. The van der Waals surface area contributed by atoms with E-state index in [1.54, 1.807) is 30.0 Å². The van der Waals surface area contributed by atoms with Gasteiger partial charge in [0.05, 0.1) is 7.11 Å². The lowest BCUT2D eigenvalue weighted by atomic mass is 9.98. The first-order valence-corrected chi connectivity index (χ1v) is 9.17. The summed E-state index contributed by atoms with van der Waals surface area (Å²) in [6.07, 6.45) is 3.97. The van der Waals surface area contributed by atoms with Gasteiger partial charge < -0.3 is 9.84 Å². The molecule has 1 aromatic rings. The predicted molar refractivity (Wildman–Crippen MR) is 95.4 cm³/mol. The molecule has 0 radical (unpaired) electrons. The minimum absolute atomic E-state index is 0.141. The Morgan fingerprint density at radius 3 is 2.75 bits per heavy atom. The van der Waals surface area contributed by atoms with Gasteiger partial charge in [-0.3, -0.25) is 4.90 Å². The summed E-state index contributed by atoms with van der Waals surface area (Å²) in [6.45, 7) is 1.05. The van der Waals surface area contributed by atoms with Gasteiger partial charge in [-0.2, -0.15) is 11.8 Å². The maximum atomic E-state index is 12.4. The summed E-state index contributed by atoms with van der Waals surface area (Å²) in [5, 5.41) is 9.73. The van der Waals surface area contributed by atoms with Crippen LogP contribution in [0.4, 0.5) is 0 Å². The molecule has 24 heavy (non-hydrogen) atoms. The lowest BCUT2D eigenvalue weighted by Crippen LogP contribution is -2.43. The molecule has 1 heterocycles. The normalized spacial score (nSPS) is 21.5. The molecule has 2 unspecified atom stereocenters. The fraction of sp³-hybridized carbons (Fsp3) is 0.412. The number of esters is 1. The van der Waals surface area contributed by atoms with Crippen LogP contribution in [-0.4, -0.2) is 53.7 Å². The number of hydrogen-bond donors (Lipinski definition) is 1. The molecule has 0 aliphatic carbocycles. The molecule has 1 N–H and O–H groups in total. The lowest BCUT2D eigenvalue weighted by Gasteiger charge is -2.37. The summed E-state index contributed by atoms with van der Waals surface area (Å²) in [7, 11) is 1.34. The van der Waals surface area contributed by atoms with Crippen LogP contribution in [0, 0.1) is 0 Å². The second-order valence-corrected chi connectivity index (χ2v) is 6.94. The third-order valence-corrected chi connectivity index (χ3v) is 5.51. The molecular formula is C17H20ClNO4S. The minimum atomic E-state index is -0.974. The van der Waals surface area contributed by atoms with Gasteiger partial charge in [0.1, 0.15) is 6.04 Å². The molecule has 7 heteroatoms. The number of piperidine rings is 1.